The zero-order valence-electron chi connectivity index (χ0n) is 12.0. The average Bonchev–Trinajstić information content (AvgIpc) is 2.96. The van der Waals surface area contributed by atoms with E-state index in [1.54, 1.807) is 0 Å². The summed E-state index contributed by atoms with van der Waals surface area (Å²) in [5.41, 5.74) is 0. The minimum absolute atomic E-state index is 0.123. The summed E-state index contributed by atoms with van der Waals surface area (Å²) in [6.45, 7) is 2.59. The molecule has 0 spiro atoms. The highest BCUT2D eigenvalue weighted by Gasteiger charge is 2.26. The number of nitrogens with one attached hydrogen (secondary N) is 1. The Balaban J connectivity index is 1.96. The van der Waals surface area contributed by atoms with Gasteiger partial charge in [-0.3, -0.25) is 0 Å². The van der Waals surface area contributed by atoms with Gasteiger partial charge in [-0.2, -0.15) is 0 Å². The molecule has 1 aromatic rings. The van der Waals surface area contributed by atoms with E-state index in [1.807, 2.05) is 0 Å². The van der Waals surface area contributed by atoms with Gasteiger partial charge in [-0.1, -0.05) is 26.2 Å². The molecule has 0 aromatic carbocycles. The number of sulfonamides is 1. The van der Waals surface area contributed by atoms with E-state index in [4.69, 9.17) is 5.11 Å². The lowest BCUT2D eigenvalue weighted by atomic mass is 9.81. The van der Waals surface area contributed by atoms with Crippen molar-refractivity contribution in [1.29, 1.82) is 0 Å². The SMILES string of the molecule is CCC1CCC(CNS(=O)(=O)c2ccsc2C(=O)O)CC1. The van der Waals surface area contributed by atoms with Gasteiger partial charge in [0, 0.05) is 6.54 Å². The molecule has 0 radical (unpaired) electrons. The van der Waals surface area contributed by atoms with Crippen LogP contribution in [0, 0.1) is 11.8 Å². The topological polar surface area (TPSA) is 83.5 Å². The van der Waals surface area contributed by atoms with Gasteiger partial charge in [0.1, 0.15) is 9.77 Å². The highest BCUT2D eigenvalue weighted by atomic mass is 32.2. The van der Waals surface area contributed by atoms with Crippen LogP contribution in [0.2, 0.25) is 0 Å². The lowest BCUT2D eigenvalue weighted by Crippen LogP contribution is -2.31. The number of hydrogen-bond acceptors (Lipinski definition) is 4. The van der Waals surface area contributed by atoms with Crippen molar-refractivity contribution in [2.45, 2.75) is 43.9 Å². The Morgan fingerprint density at radius 2 is 1.95 bits per heavy atom. The molecule has 0 saturated heterocycles. The predicted octanol–water partition coefficient (Wildman–Crippen LogP) is 2.94. The largest absolute Gasteiger partial charge is 0.477 e. The fourth-order valence-corrected chi connectivity index (χ4v) is 5.19. The summed E-state index contributed by atoms with van der Waals surface area (Å²) in [7, 11) is -3.73. The molecule has 0 aliphatic heterocycles. The molecule has 118 valence electrons. The van der Waals surface area contributed by atoms with Crippen LogP contribution in [0.1, 0.15) is 48.7 Å². The van der Waals surface area contributed by atoms with Gasteiger partial charge in [-0.25, -0.2) is 17.9 Å². The summed E-state index contributed by atoms with van der Waals surface area (Å²) in [5.74, 6) is -0.0725. The highest BCUT2D eigenvalue weighted by molar-refractivity contribution is 7.89. The van der Waals surface area contributed by atoms with Gasteiger partial charge in [0.05, 0.1) is 0 Å². The van der Waals surface area contributed by atoms with E-state index in [9.17, 15) is 13.2 Å². The highest BCUT2D eigenvalue weighted by Crippen LogP contribution is 2.30. The normalized spacial score (nSPS) is 23.1. The second kappa shape index (κ2) is 6.89. The lowest BCUT2D eigenvalue weighted by molar-refractivity contribution is 0.0698. The van der Waals surface area contributed by atoms with Gasteiger partial charge in [-0.15, -0.1) is 11.3 Å². The molecule has 1 fully saturated rings. The number of thiophene rings is 1. The van der Waals surface area contributed by atoms with Crippen molar-refractivity contribution < 1.29 is 18.3 Å². The second-order valence-electron chi connectivity index (χ2n) is 5.57. The molecule has 5 nitrogen and oxygen atoms in total. The molecule has 0 amide bonds. The Morgan fingerprint density at radius 3 is 2.52 bits per heavy atom. The Hall–Kier alpha value is -0.920. The third-order valence-electron chi connectivity index (χ3n) is 4.22. The van der Waals surface area contributed by atoms with Crippen molar-refractivity contribution in [3.8, 4) is 0 Å². The van der Waals surface area contributed by atoms with Crippen LogP contribution in [0.15, 0.2) is 16.3 Å². The van der Waals surface area contributed by atoms with Crippen LogP contribution in [0.5, 0.6) is 0 Å². The molecule has 7 heteroatoms. The molecule has 2 N–H and O–H groups in total. The van der Waals surface area contributed by atoms with Crippen molar-refractivity contribution in [1.82, 2.24) is 4.72 Å². The molecule has 0 atom stereocenters. The summed E-state index contributed by atoms with van der Waals surface area (Å²) in [6.07, 6.45) is 5.58. The van der Waals surface area contributed by atoms with Gasteiger partial charge in [-0.05, 0) is 36.1 Å². The fourth-order valence-electron chi connectivity index (χ4n) is 2.81. The summed E-state index contributed by atoms with van der Waals surface area (Å²) < 4.78 is 27.0. The monoisotopic (exact) mass is 331 g/mol. The number of carboxylic acids is 1. The van der Waals surface area contributed by atoms with Gasteiger partial charge in [0.25, 0.3) is 0 Å². The number of rotatable bonds is 6. The standard InChI is InChI=1S/C14H21NO4S2/c1-2-10-3-5-11(6-4-10)9-15-21(18,19)12-7-8-20-13(12)14(16)17/h7-8,10-11,15H,2-6,9H2,1H3,(H,16,17). The molecule has 1 aliphatic rings. The summed E-state index contributed by atoms with van der Waals surface area (Å²) in [4.78, 5) is 10.8. The Labute approximate surface area is 129 Å². The second-order valence-corrected chi connectivity index (χ2v) is 8.22. The van der Waals surface area contributed by atoms with Crippen molar-refractivity contribution in [3.05, 3.63) is 16.3 Å². The fraction of sp³-hybridized carbons (Fsp3) is 0.643. The number of hydrogen-bond donors (Lipinski definition) is 2. The van der Waals surface area contributed by atoms with Crippen molar-refractivity contribution >= 4 is 27.3 Å². The van der Waals surface area contributed by atoms with Crippen molar-refractivity contribution in [2.75, 3.05) is 6.54 Å². The molecule has 0 unspecified atom stereocenters. The van der Waals surface area contributed by atoms with Gasteiger partial charge in [0.15, 0.2) is 0 Å². The average molecular weight is 331 g/mol. The number of aromatic carboxylic acids is 1. The molecule has 21 heavy (non-hydrogen) atoms. The van der Waals surface area contributed by atoms with E-state index in [0.29, 0.717) is 12.5 Å². The van der Waals surface area contributed by atoms with Gasteiger partial charge < -0.3 is 5.11 Å². The van der Waals surface area contributed by atoms with Crippen LogP contribution in [0.3, 0.4) is 0 Å². The van der Waals surface area contributed by atoms with Crippen molar-refractivity contribution in [2.24, 2.45) is 11.8 Å². The summed E-state index contributed by atoms with van der Waals surface area (Å²) in [6, 6.07) is 1.35. The van der Waals surface area contributed by atoms with Crippen LogP contribution < -0.4 is 4.72 Å². The Kier molecular flexibility index (Phi) is 5.40. The molecule has 2 rings (SSSR count). The summed E-state index contributed by atoms with van der Waals surface area (Å²) >= 11 is 0.931. The van der Waals surface area contributed by atoms with Crippen molar-refractivity contribution in [3.63, 3.8) is 0 Å². The first-order valence-corrected chi connectivity index (χ1v) is 9.60. The van der Waals surface area contributed by atoms with Gasteiger partial charge in [0.2, 0.25) is 10.0 Å². The maximum Gasteiger partial charge on any atom is 0.347 e. The van der Waals surface area contributed by atoms with E-state index in [1.165, 1.54) is 17.9 Å². The van der Waals surface area contributed by atoms with E-state index >= 15 is 0 Å². The third-order valence-corrected chi connectivity index (χ3v) is 6.72. The molecular formula is C14H21NO4S2. The quantitative estimate of drug-likeness (QED) is 0.839. The maximum absolute atomic E-state index is 12.2. The predicted molar refractivity (Wildman–Crippen MR) is 82.2 cm³/mol. The molecule has 0 bridgehead atoms. The molecule has 1 aromatic heterocycles. The Bertz CT molecular complexity index is 586. The summed E-state index contributed by atoms with van der Waals surface area (Å²) in [5, 5.41) is 10.5. The zero-order chi connectivity index (χ0) is 15.5. The minimum atomic E-state index is -3.73. The van der Waals surface area contributed by atoms with Gasteiger partial charge >= 0.3 is 5.97 Å². The first kappa shape index (κ1) is 16.5. The van der Waals surface area contributed by atoms with Crippen LogP contribution >= 0.6 is 11.3 Å². The number of carbonyl (C=O) groups is 1. The molecule has 1 saturated carbocycles. The van der Waals surface area contributed by atoms with E-state index in [2.05, 4.69) is 11.6 Å². The maximum atomic E-state index is 12.2. The van der Waals surface area contributed by atoms with Crippen LogP contribution in [-0.2, 0) is 10.0 Å². The first-order valence-electron chi connectivity index (χ1n) is 7.24. The zero-order valence-corrected chi connectivity index (χ0v) is 13.7. The van der Waals surface area contributed by atoms with Crippen LogP contribution in [-0.4, -0.2) is 26.0 Å². The van der Waals surface area contributed by atoms with E-state index in [-0.39, 0.29) is 9.77 Å². The molecule has 1 aliphatic carbocycles. The van der Waals surface area contributed by atoms with Crippen LogP contribution in [0.4, 0.5) is 0 Å². The Morgan fingerprint density at radius 1 is 1.33 bits per heavy atom. The number of carboxylic acid groups (broad SMARTS) is 1. The third kappa shape index (κ3) is 4.05. The molecule has 1 heterocycles. The van der Waals surface area contributed by atoms with E-state index in [0.717, 1.165) is 42.9 Å². The van der Waals surface area contributed by atoms with E-state index < -0.39 is 16.0 Å². The lowest BCUT2D eigenvalue weighted by Gasteiger charge is -2.27. The molecular weight excluding hydrogens is 310 g/mol. The van der Waals surface area contributed by atoms with Crippen LogP contribution in [0.25, 0.3) is 0 Å². The smallest absolute Gasteiger partial charge is 0.347 e. The first-order chi connectivity index (χ1) is 9.94. The minimum Gasteiger partial charge on any atom is -0.477 e.